The molecule has 8 nitrogen and oxygen atoms in total. The van der Waals surface area contributed by atoms with Crippen LogP contribution in [0.1, 0.15) is 37.3 Å². The summed E-state index contributed by atoms with van der Waals surface area (Å²) in [7, 11) is 4.11. The Morgan fingerprint density at radius 3 is 2.61 bits per heavy atom. The minimum absolute atomic E-state index is 0.102. The maximum Gasteiger partial charge on any atom is 0.248 e. The normalized spacial score (nSPS) is 16.8. The SMILES string of the molecule is CN(C)CCCC(c1ccc(Cl)cc1)N(C(=O)C1(N)CCNCC1)c1ncnc2[nH]ccc12. The summed E-state index contributed by atoms with van der Waals surface area (Å²) in [5, 5.41) is 4.77. The van der Waals surface area contributed by atoms with Gasteiger partial charge in [0.05, 0.1) is 17.0 Å². The second kappa shape index (κ2) is 10.2. The van der Waals surface area contributed by atoms with Crippen molar-refractivity contribution in [2.75, 3.05) is 38.6 Å². The Kier molecular flexibility index (Phi) is 7.29. The molecule has 0 aliphatic carbocycles. The Balaban J connectivity index is 1.83. The molecule has 3 heterocycles. The van der Waals surface area contributed by atoms with E-state index in [-0.39, 0.29) is 11.9 Å². The van der Waals surface area contributed by atoms with Gasteiger partial charge in [0, 0.05) is 11.2 Å². The van der Waals surface area contributed by atoms with Crippen LogP contribution in [-0.2, 0) is 4.79 Å². The van der Waals surface area contributed by atoms with Gasteiger partial charge in [-0.1, -0.05) is 23.7 Å². The van der Waals surface area contributed by atoms with E-state index < -0.39 is 5.54 Å². The largest absolute Gasteiger partial charge is 0.346 e. The minimum Gasteiger partial charge on any atom is -0.346 e. The number of hydrogen-bond donors (Lipinski definition) is 3. The van der Waals surface area contributed by atoms with Gasteiger partial charge in [-0.05, 0) is 83.2 Å². The number of fused-ring (bicyclic) bond motifs is 1. The molecule has 1 fully saturated rings. The van der Waals surface area contributed by atoms with Crippen molar-refractivity contribution in [3.63, 3.8) is 0 Å². The fourth-order valence-corrected chi connectivity index (χ4v) is 4.62. The summed E-state index contributed by atoms with van der Waals surface area (Å²) in [6.45, 7) is 2.34. The predicted octanol–water partition coefficient (Wildman–Crippen LogP) is 3.11. The van der Waals surface area contributed by atoms with Gasteiger partial charge >= 0.3 is 0 Å². The van der Waals surface area contributed by atoms with E-state index in [1.807, 2.05) is 41.4 Å². The molecule has 1 amide bonds. The molecule has 4 rings (SSSR count). The molecule has 1 aromatic carbocycles. The first-order valence-electron chi connectivity index (χ1n) is 11.4. The monoisotopic (exact) mass is 469 g/mol. The van der Waals surface area contributed by atoms with Gasteiger partial charge in [-0.3, -0.25) is 9.69 Å². The van der Waals surface area contributed by atoms with E-state index in [0.717, 1.165) is 30.3 Å². The smallest absolute Gasteiger partial charge is 0.248 e. The van der Waals surface area contributed by atoms with Crippen LogP contribution in [0.4, 0.5) is 5.82 Å². The quantitative estimate of drug-likeness (QED) is 0.468. The maximum atomic E-state index is 14.2. The lowest BCUT2D eigenvalue weighted by molar-refractivity contribution is -0.125. The van der Waals surface area contributed by atoms with Crippen molar-refractivity contribution in [3.8, 4) is 0 Å². The first-order chi connectivity index (χ1) is 15.9. The molecule has 1 aliphatic rings. The summed E-state index contributed by atoms with van der Waals surface area (Å²) in [5.74, 6) is 0.481. The van der Waals surface area contributed by atoms with Crippen LogP contribution in [0.25, 0.3) is 11.0 Å². The average Bonchev–Trinajstić information content (AvgIpc) is 3.29. The summed E-state index contributed by atoms with van der Waals surface area (Å²) in [4.78, 5) is 30.3. The molecular weight excluding hydrogens is 438 g/mol. The van der Waals surface area contributed by atoms with Crippen molar-refractivity contribution < 1.29 is 4.79 Å². The first-order valence-corrected chi connectivity index (χ1v) is 11.8. The number of anilines is 1. The minimum atomic E-state index is -0.953. The molecule has 1 atom stereocenters. The zero-order valence-electron chi connectivity index (χ0n) is 19.2. The number of piperidine rings is 1. The van der Waals surface area contributed by atoms with E-state index in [1.54, 1.807) is 0 Å². The number of aromatic nitrogens is 3. The highest BCUT2D eigenvalue weighted by Crippen LogP contribution is 2.36. The van der Waals surface area contributed by atoms with E-state index in [0.29, 0.717) is 42.4 Å². The Bertz CT molecular complexity index is 1080. The number of amides is 1. The molecule has 176 valence electrons. The second-order valence-electron chi connectivity index (χ2n) is 9.03. The van der Waals surface area contributed by atoms with Gasteiger partial charge < -0.3 is 20.9 Å². The highest BCUT2D eigenvalue weighted by Gasteiger charge is 2.42. The Labute approximate surface area is 199 Å². The van der Waals surface area contributed by atoms with Gasteiger partial charge in [0.15, 0.2) is 0 Å². The number of benzene rings is 1. The van der Waals surface area contributed by atoms with Gasteiger partial charge in [0.2, 0.25) is 5.91 Å². The molecule has 0 radical (unpaired) electrons. The second-order valence-corrected chi connectivity index (χ2v) is 9.47. The zero-order chi connectivity index (χ0) is 23.4. The highest BCUT2D eigenvalue weighted by molar-refractivity contribution is 6.30. The third-order valence-corrected chi connectivity index (χ3v) is 6.60. The lowest BCUT2D eigenvalue weighted by Gasteiger charge is -2.40. The number of hydrogen-bond acceptors (Lipinski definition) is 6. The van der Waals surface area contributed by atoms with Crippen molar-refractivity contribution in [2.45, 2.75) is 37.3 Å². The number of aromatic amines is 1. The summed E-state index contributed by atoms with van der Waals surface area (Å²) >= 11 is 6.19. The van der Waals surface area contributed by atoms with E-state index in [2.05, 4.69) is 39.3 Å². The molecule has 1 unspecified atom stereocenters. The van der Waals surface area contributed by atoms with Crippen LogP contribution >= 0.6 is 11.6 Å². The van der Waals surface area contributed by atoms with Crippen LogP contribution in [0.3, 0.4) is 0 Å². The van der Waals surface area contributed by atoms with Crippen molar-refractivity contribution >= 4 is 34.4 Å². The standard InChI is InChI=1S/C24H32ClN7O/c1-31(2)15-3-4-20(17-5-7-18(25)8-6-17)32(23(33)24(26)10-13-27-14-11-24)22-19-9-12-28-21(19)29-16-30-22/h5-9,12,16,20,27H,3-4,10-11,13-15,26H2,1-2H3,(H,28,29,30). The van der Waals surface area contributed by atoms with Gasteiger partial charge in [0.25, 0.3) is 0 Å². The van der Waals surface area contributed by atoms with E-state index in [9.17, 15) is 4.79 Å². The zero-order valence-corrected chi connectivity index (χ0v) is 20.0. The number of rotatable bonds is 8. The molecular formula is C24H32ClN7O. The van der Waals surface area contributed by atoms with Crippen molar-refractivity contribution in [3.05, 3.63) is 53.4 Å². The number of carbonyl (C=O) groups excluding carboxylic acids is 1. The summed E-state index contributed by atoms with van der Waals surface area (Å²) in [5.41, 5.74) is 7.51. The van der Waals surface area contributed by atoms with Gasteiger partial charge in [-0.25, -0.2) is 9.97 Å². The molecule has 3 aromatic rings. The molecule has 1 saturated heterocycles. The summed E-state index contributed by atoms with van der Waals surface area (Å²) < 4.78 is 0. The van der Waals surface area contributed by atoms with Gasteiger partial charge in [-0.2, -0.15) is 0 Å². The topological polar surface area (TPSA) is 103 Å². The Morgan fingerprint density at radius 1 is 1.18 bits per heavy atom. The molecule has 2 aromatic heterocycles. The third-order valence-electron chi connectivity index (χ3n) is 6.35. The fourth-order valence-electron chi connectivity index (χ4n) is 4.49. The maximum absolute atomic E-state index is 14.2. The van der Waals surface area contributed by atoms with Crippen molar-refractivity contribution in [1.82, 2.24) is 25.2 Å². The lowest BCUT2D eigenvalue weighted by atomic mass is 9.86. The summed E-state index contributed by atoms with van der Waals surface area (Å²) in [6, 6.07) is 9.39. The third kappa shape index (κ3) is 5.19. The van der Waals surface area contributed by atoms with E-state index >= 15 is 0 Å². The molecule has 33 heavy (non-hydrogen) atoms. The number of nitrogens with two attached hydrogens (primary N) is 1. The number of nitrogens with one attached hydrogen (secondary N) is 2. The van der Waals surface area contributed by atoms with Crippen LogP contribution < -0.4 is 16.0 Å². The van der Waals surface area contributed by atoms with Crippen molar-refractivity contribution in [1.29, 1.82) is 0 Å². The fraction of sp³-hybridized carbons (Fsp3) is 0.458. The Morgan fingerprint density at radius 2 is 1.91 bits per heavy atom. The van der Waals surface area contributed by atoms with Crippen LogP contribution in [0.15, 0.2) is 42.9 Å². The van der Waals surface area contributed by atoms with Crippen LogP contribution in [0.2, 0.25) is 5.02 Å². The van der Waals surface area contributed by atoms with E-state index in [1.165, 1.54) is 6.33 Å². The number of carbonyl (C=O) groups is 1. The molecule has 0 saturated carbocycles. The molecule has 9 heteroatoms. The molecule has 4 N–H and O–H groups in total. The van der Waals surface area contributed by atoms with E-state index in [4.69, 9.17) is 17.3 Å². The number of nitrogens with zero attached hydrogens (tertiary/aromatic N) is 4. The predicted molar refractivity (Wildman–Crippen MR) is 132 cm³/mol. The first kappa shape index (κ1) is 23.6. The van der Waals surface area contributed by atoms with Crippen LogP contribution in [0.5, 0.6) is 0 Å². The molecule has 0 spiro atoms. The molecule has 1 aliphatic heterocycles. The average molecular weight is 470 g/mol. The summed E-state index contributed by atoms with van der Waals surface area (Å²) in [6.07, 6.45) is 6.14. The van der Waals surface area contributed by atoms with Gasteiger partial charge in [0.1, 0.15) is 17.8 Å². The lowest BCUT2D eigenvalue weighted by Crippen LogP contribution is -2.60. The highest BCUT2D eigenvalue weighted by atomic mass is 35.5. The molecule has 0 bridgehead atoms. The van der Waals surface area contributed by atoms with Gasteiger partial charge in [-0.15, -0.1) is 0 Å². The number of halogens is 1. The van der Waals surface area contributed by atoms with Crippen LogP contribution in [-0.4, -0.2) is 65.0 Å². The Hall–Kier alpha value is -2.52. The number of H-pyrrole nitrogens is 1. The van der Waals surface area contributed by atoms with Crippen molar-refractivity contribution in [2.24, 2.45) is 5.73 Å². The van der Waals surface area contributed by atoms with Crippen LogP contribution in [0, 0.1) is 0 Å².